The molecule has 5 aromatic heterocycles. The number of aromatic nitrogens is 2. The molecular formula is C84H114F2N2O2S5. The Morgan fingerprint density at radius 3 is 1.36 bits per heavy atom. The van der Waals surface area contributed by atoms with E-state index in [0.29, 0.717) is 44.5 Å². The number of benzene rings is 4. The van der Waals surface area contributed by atoms with Crippen LogP contribution in [0.2, 0.25) is 0 Å². The third-order valence-electron chi connectivity index (χ3n) is 20.4. The van der Waals surface area contributed by atoms with Gasteiger partial charge in [0.25, 0.3) is 0 Å². The Morgan fingerprint density at radius 2 is 0.853 bits per heavy atom. The Morgan fingerprint density at radius 1 is 0.400 bits per heavy atom. The largest absolute Gasteiger partial charge is 0.493 e. The second-order valence-electron chi connectivity index (χ2n) is 27.8. The Balaban J connectivity index is 1.11. The molecule has 0 saturated heterocycles. The fourth-order valence-electron chi connectivity index (χ4n) is 14.5. The van der Waals surface area contributed by atoms with Crippen molar-refractivity contribution >= 4 is 88.3 Å². The molecule has 0 spiro atoms. The quantitative estimate of drug-likeness (QED) is 0.0357. The summed E-state index contributed by atoms with van der Waals surface area (Å²) in [6.45, 7) is 19.8. The minimum absolute atomic E-state index is 0.222. The van der Waals surface area contributed by atoms with Crippen molar-refractivity contribution in [3.63, 3.8) is 0 Å². The smallest absolute Gasteiger partial charge is 0.170 e. The van der Waals surface area contributed by atoms with E-state index in [2.05, 4.69) is 139 Å². The van der Waals surface area contributed by atoms with E-state index in [1.807, 2.05) is 22.7 Å². The summed E-state index contributed by atoms with van der Waals surface area (Å²) in [4.78, 5) is 3.67. The first-order valence-corrected chi connectivity index (χ1v) is 42.0. The van der Waals surface area contributed by atoms with Gasteiger partial charge in [-0.05, 0) is 144 Å². The number of hydrogen-bond acceptors (Lipinski definition) is 9. The van der Waals surface area contributed by atoms with Crippen LogP contribution < -0.4 is 9.47 Å². The van der Waals surface area contributed by atoms with E-state index >= 15 is 8.78 Å². The van der Waals surface area contributed by atoms with Crippen LogP contribution >= 0.6 is 57.1 Å². The lowest BCUT2D eigenvalue weighted by Gasteiger charge is -2.18. The maximum Gasteiger partial charge on any atom is 0.170 e. The lowest BCUT2D eigenvalue weighted by atomic mass is 9.91. The Labute approximate surface area is 592 Å². The van der Waals surface area contributed by atoms with Crippen LogP contribution in [0.1, 0.15) is 272 Å². The van der Waals surface area contributed by atoms with E-state index in [4.69, 9.17) is 18.2 Å². The molecule has 516 valence electrons. The highest BCUT2D eigenvalue weighted by atomic mass is 32.1. The van der Waals surface area contributed by atoms with Crippen LogP contribution in [0.5, 0.6) is 11.5 Å². The summed E-state index contributed by atoms with van der Waals surface area (Å²) in [7, 11) is 0. The third kappa shape index (κ3) is 20.6. The topological polar surface area (TPSA) is 44.2 Å². The summed E-state index contributed by atoms with van der Waals surface area (Å²) in [6.07, 6.45) is 41.9. The van der Waals surface area contributed by atoms with Crippen molar-refractivity contribution in [2.24, 2.45) is 23.7 Å². The monoisotopic (exact) mass is 1380 g/mol. The van der Waals surface area contributed by atoms with Gasteiger partial charge in [-0.2, -0.15) is 8.75 Å². The average Bonchev–Trinajstić information content (AvgIpc) is 1.62. The Hall–Kier alpha value is -4.52. The summed E-state index contributed by atoms with van der Waals surface area (Å²) >= 11 is 7.78. The third-order valence-corrected chi connectivity index (χ3v) is 25.4. The van der Waals surface area contributed by atoms with Crippen LogP contribution in [-0.4, -0.2) is 22.0 Å². The molecule has 0 N–H and O–H groups in total. The molecule has 95 heavy (non-hydrogen) atoms. The van der Waals surface area contributed by atoms with Gasteiger partial charge in [0.05, 0.1) is 36.1 Å². The number of halogens is 2. The van der Waals surface area contributed by atoms with Gasteiger partial charge in [0, 0.05) is 50.8 Å². The molecule has 0 fully saturated rings. The standard InChI is InChI=1S/C84H114F2N2O2S5/c1-9-17-23-27-29-33-39-61(37-31-25-19-11-3)56-89-67-45-41-64(42-46-67)74-69-49-50-91-83(69)75(65-43-47-68(48-44-65)90-57-62(38-32-26-20-12-4)40-34-30-28-24-18-10-2)70-55-73(94-84(70)74)82-66(52-60(16-8)36-22-14-6)54-72(93-82)77-79(86)78(85)76(80-81(77)88-95-87-80)71-53-63(58-92-71)51-59(15-7)35-21-13-5/h41-50,53-55,58-62H,9-40,51-52,56-57H2,1-8H3. The second-order valence-corrected chi connectivity index (χ2v) is 32.3. The SMILES string of the molecule is CCCCCCCCC(CCCCCC)COc1ccc(-c2c3cc(-c4sc(-c5c(F)c(F)c(-c6cc(CC(CC)CCCC)cs6)c6nsnc56)cc4CC(CC)CCCC)sc3c(-c3ccc(OCC(CCCCCC)CCCCCCCC)cc3)c3ccsc23)cc1. The van der Waals surface area contributed by atoms with E-state index in [1.165, 1.54) is 227 Å². The lowest BCUT2D eigenvalue weighted by molar-refractivity contribution is 0.224. The normalized spacial score (nSPS) is 13.2. The highest BCUT2D eigenvalue weighted by molar-refractivity contribution is 7.28. The van der Waals surface area contributed by atoms with Gasteiger partial charge in [-0.25, -0.2) is 8.78 Å². The number of hydrogen-bond donors (Lipinski definition) is 0. The fourth-order valence-corrected chi connectivity index (χ4v) is 19.6. The second kappa shape index (κ2) is 39.9. The van der Waals surface area contributed by atoms with Crippen molar-refractivity contribution in [1.82, 2.24) is 8.75 Å². The van der Waals surface area contributed by atoms with Crippen LogP contribution in [-0.2, 0) is 12.8 Å². The molecule has 4 aromatic carbocycles. The molecule has 5 heterocycles. The highest BCUT2D eigenvalue weighted by Gasteiger charge is 2.30. The predicted molar refractivity (Wildman–Crippen MR) is 417 cm³/mol. The number of unbranched alkanes of at least 4 members (excludes halogenated alkanes) is 18. The first kappa shape index (κ1) is 74.7. The zero-order chi connectivity index (χ0) is 66.7. The summed E-state index contributed by atoms with van der Waals surface area (Å²) < 4.78 is 60.5. The van der Waals surface area contributed by atoms with Crippen molar-refractivity contribution in [3.05, 3.63) is 106 Å². The van der Waals surface area contributed by atoms with E-state index in [0.717, 1.165) is 102 Å². The van der Waals surface area contributed by atoms with E-state index in [1.54, 1.807) is 11.3 Å². The molecule has 0 radical (unpaired) electrons. The van der Waals surface area contributed by atoms with Gasteiger partial charge in [0.1, 0.15) is 22.5 Å². The van der Waals surface area contributed by atoms with Gasteiger partial charge in [0.15, 0.2) is 11.6 Å². The van der Waals surface area contributed by atoms with Gasteiger partial charge in [-0.15, -0.1) is 45.3 Å². The van der Waals surface area contributed by atoms with Crippen molar-refractivity contribution in [2.75, 3.05) is 13.2 Å². The molecule has 4 unspecified atom stereocenters. The minimum Gasteiger partial charge on any atom is -0.493 e. The molecular weight excluding hydrogens is 1270 g/mol. The van der Waals surface area contributed by atoms with Crippen LogP contribution in [0.15, 0.2) is 83.6 Å². The van der Waals surface area contributed by atoms with Gasteiger partial charge < -0.3 is 9.47 Å². The minimum atomic E-state index is -0.844. The first-order valence-electron chi connectivity index (χ1n) is 37.9. The van der Waals surface area contributed by atoms with E-state index in [-0.39, 0.29) is 11.1 Å². The van der Waals surface area contributed by atoms with Crippen molar-refractivity contribution < 1.29 is 18.3 Å². The van der Waals surface area contributed by atoms with Gasteiger partial charge >= 0.3 is 0 Å². The molecule has 0 bridgehead atoms. The van der Waals surface area contributed by atoms with E-state index < -0.39 is 11.6 Å². The highest BCUT2D eigenvalue weighted by Crippen LogP contribution is 2.54. The van der Waals surface area contributed by atoms with Gasteiger partial charge in [0.2, 0.25) is 0 Å². The number of thiophene rings is 4. The molecule has 0 aliphatic heterocycles. The molecule has 0 amide bonds. The first-order chi connectivity index (χ1) is 46.6. The van der Waals surface area contributed by atoms with Crippen LogP contribution in [0.25, 0.3) is 84.1 Å². The predicted octanol–water partition coefficient (Wildman–Crippen LogP) is 29.8. The molecule has 9 rings (SSSR count). The fraction of sp³-hybridized carbons (Fsp3) is 0.571. The Bertz CT molecular complexity index is 3530. The molecule has 9 aromatic rings. The van der Waals surface area contributed by atoms with Gasteiger partial charge in [-0.3, -0.25) is 0 Å². The average molecular weight is 1380 g/mol. The summed E-state index contributed by atoms with van der Waals surface area (Å²) in [6, 6.07) is 27.0. The summed E-state index contributed by atoms with van der Waals surface area (Å²) in [5.41, 5.74) is 8.47. The van der Waals surface area contributed by atoms with Crippen LogP contribution in [0, 0.1) is 35.3 Å². The summed E-state index contributed by atoms with van der Waals surface area (Å²) in [5, 5.41) is 6.83. The molecule has 0 saturated carbocycles. The van der Waals surface area contributed by atoms with Crippen molar-refractivity contribution in [2.45, 2.75) is 274 Å². The molecule has 0 aliphatic rings. The van der Waals surface area contributed by atoms with Crippen LogP contribution in [0.3, 0.4) is 0 Å². The zero-order valence-corrected chi connectivity index (χ0v) is 63.4. The van der Waals surface area contributed by atoms with Crippen molar-refractivity contribution in [1.29, 1.82) is 0 Å². The maximum atomic E-state index is 17.6. The number of fused-ring (bicyclic) bond motifs is 3. The lowest BCUT2D eigenvalue weighted by Crippen LogP contribution is -2.12. The number of nitrogens with zero attached hydrogens (tertiary/aromatic N) is 2. The van der Waals surface area contributed by atoms with Gasteiger partial charge in [-0.1, -0.05) is 259 Å². The molecule has 11 heteroatoms. The zero-order valence-electron chi connectivity index (χ0n) is 59.4. The number of ether oxygens (including phenoxy) is 2. The Kier molecular flexibility index (Phi) is 31.4. The molecule has 0 aliphatic carbocycles. The van der Waals surface area contributed by atoms with Crippen LogP contribution in [0.4, 0.5) is 8.78 Å². The summed E-state index contributed by atoms with van der Waals surface area (Å²) in [5.74, 6) is 2.30. The number of rotatable bonds is 47. The molecule has 4 atom stereocenters. The maximum absolute atomic E-state index is 17.6. The molecule has 4 nitrogen and oxygen atoms in total. The van der Waals surface area contributed by atoms with Crippen molar-refractivity contribution in [3.8, 4) is 64.4 Å². The van der Waals surface area contributed by atoms with E-state index in [9.17, 15) is 0 Å².